The van der Waals surface area contributed by atoms with Crippen molar-refractivity contribution in [3.63, 3.8) is 0 Å². The maximum atomic E-state index is 12.9. The molecule has 8 nitrogen and oxygen atoms in total. The highest BCUT2D eigenvalue weighted by Gasteiger charge is 2.43. The summed E-state index contributed by atoms with van der Waals surface area (Å²) in [6.45, 7) is 2.03. The average Bonchev–Trinajstić information content (AvgIpc) is 3.36. The van der Waals surface area contributed by atoms with Crippen molar-refractivity contribution in [1.82, 2.24) is 9.80 Å². The van der Waals surface area contributed by atoms with Crippen molar-refractivity contribution in [2.24, 2.45) is 0 Å². The Kier molecular flexibility index (Phi) is 4.87. The Balaban J connectivity index is 1.42. The van der Waals surface area contributed by atoms with Crippen LogP contribution in [0.3, 0.4) is 0 Å². The molecule has 2 aromatic rings. The third-order valence-electron chi connectivity index (χ3n) is 5.21. The lowest BCUT2D eigenvalue weighted by molar-refractivity contribution is -0.123. The van der Waals surface area contributed by atoms with Crippen LogP contribution in [0.5, 0.6) is 5.75 Å². The minimum atomic E-state index is -0.500. The second kappa shape index (κ2) is 7.47. The van der Waals surface area contributed by atoms with Crippen LogP contribution in [0.4, 0.5) is 5.69 Å². The standard InChI is InChI=1S/C20H21N3O5/c1-27-15-5-2-4-14(12-15)23-18(24)13-16(19(23)25)21-7-9-22(10-8-21)20(26)17-6-3-11-28-17/h2-6,11-12,16H,7-10,13H2,1H3/t16-/m1/s1. The Morgan fingerprint density at radius 3 is 2.57 bits per heavy atom. The van der Waals surface area contributed by atoms with Crippen LogP contribution in [0.1, 0.15) is 17.0 Å². The molecule has 0 radical (unpaired) electrons. The number of hydrogen-bond acceptors (Lipinski definition) is 6. The molecular weight excluding hydrogens is 362 g/mol. The third-order valence-corrected chi connectivity index (χ3v) is 5.21. The molecule has 0 saturated carbocycles. The normalized spacial score (nSPS) is 20.7. The molecule has 3 amide bonds. The summed E-state index contributed by atoms with van der Waals surface area (Å²) < 4.78 is 10.4. The first-order valence-corrected chi connectivity index (χ1v) is 9.16. The fraction of sp³-hybridized carbons (Fsp3) is 0.350. The number of carbonyl (C=O) groups excluding carboxylic acids is 3. The summed E-state index contributed by atoms with van der Waals surface area (Å²) in [6, 6.07) is 9.74. The maximum absolute atomic E-state index is 12.9. The molecule has 1 aromatic carbocycles. The molecule has 0 unspecified atom stereocenters. The van der Waals surface area contributed by atoms with Crippen molar-refractivity contribution < 1.29 is 23.5 Å². The lowest BCUT2D eigenvalue weighted by Gasteiger charge is -2.36. The van der Waals surface area contributed by atoms with Crippen LogP contribution in [0, 0.1) is 0 Å². The molecule has 0 spiro atoms. The summed E-state index contributed by atoms with van der Waals surface area (Å²) in [7, 11) is 1.54. The van der Waals surface area contributed by atoms with E-state index in [1.807, 2.05) is 4.90 Å². The summed E-state index contributed by atoms with van der Waals surface area (Å²) >= 11 is 0. The van der Waals surface area contributed by atoms with Crippen molar-refractivity contribution in [2.45, 2.75) is 12.5 Å². The van der Waals surface area contributed by atoms with E-state index in [9.17, 15) is 14.4 Å². The van der Waals surface area contributed by atoms with Crippen molar-refractivity contribution in [2.75, 3.05) is 38.2 Å². The number of hydrogen-bond donors (Lipinski definition) is 0. The van der Waals surface area contributed by atoms with Crippen LogP contribution in [0.25, 0.3) is 0 Å². The van der Waals surface area contributed by atoms with Crippen LogP contribution in [0.2, 0.25) is 0 Å². The van der Waals surface area contributed by atoms with Crippen molar-refractivity contribution >= 4 is 23.4 Å². The van der Waals surface area contributed by atoms with E-state index in [2.05, 4.69) is 0 Å². The fourth-order valence-electron chi connectivity index (χ4n) is 3.71. The summed E-state index contributed by atoms with van der Waals surface area (Å²) in [5.41, 5.74) is 0.517. The van der Waals surface area contributed by atoms with E-state index in [0.717, 1.165) is 0 Å². The second-order valence-corrected chi connectivity index (χ2v) is 6.79. The van der Waals surface area contributed by atoms with Gasteiger partial charge >= 0.3 is 0 Å². The molecule has 146 valence electrons. The van der Waals surface area contributed by atoms with E-state index in [0.29, 0.717) is 43.4 Å². The van der Waals surface area contributed by atoms with Crippen molar-refractivity contribution in [1.29, 1.82) is 0 Å². The molecule has 3 heterocycles. The monoisotopic (exact) mass is 383 g/mol. The molecule has 0 bridgehead atoms. The van der Waals surface area contributed by atoms with Gasteiger partial charge in [-0.05, 0) is 24.3 Å². The average molecular weight is 383 g/mol. The molecule has 0 N–H and O–H groups in total. The van der Waals surface area contributed by atoms with Gasteiger partial charge in [0.2, 0.25) is 5.91 Å². The molecule has 2 fully saturated rings. The van der Waals surface area contributed by atoms with Crippen LogP contribution >= 0.6 is 0 Å². The maximum Gasteiger partial charge on any atom is 0.289 e. The van der Waals surface area contributed by atoms with Crippen molar-refractivity contribution in [3.8, 4) is 5.75 Å². The minimum Gasteiger partial charge on any atom is -0.497 e. The zero-order valence-corrected chi connectivity index (χ0v) is 15.5. The molecule has 2 saturated heterocycles. The van der Waals surface area contributed by atoms with Gasteiger partial charge in [0.05, 0.1) is 31.5 Å². The molecule has 1 atom stereocenters. The van der Waals surface area contributed by atoms with E-state index < -0.39 is 6.04 Å². The molecule has 4 rings (SSSR count). The van der Waals surface area contributed by atoms with Crippen molar-refractivity contribution in [3.05, 3.63) is 48.4 Å². The number of nitrogens with zero attached hydrogens (tertiary/aromatic N) is 3. The van der Waals surface area contributed by atoms with Gasteiger partial charge in [0.25, 0.3) is 11.8 Å². The first-order chi connectivity index (χ1) is 13.6. The Hall–Kier alpha value is -3.13. The molecule has 2 aliphatic rings. The third kappa shape index (κ3) is 3.27. The molecule has 8 heteroatoms. The molecule has 1 aromatic heterocycles. The summed E-state index contributed by atoms with van der Waals surface area (Å²) in [5, 5.41) is 0. The van der Waals surface area contributed by atoms with Crippen LogP contribution < -0.4 is 9.64 Å². The van der Waals surface area contributed by atoms with Gasteiger partial charge in [0.15, 0.2) is 5.76 Å². The Morgan fingerprint density at radius 2 is 1.89 bits per heavy atom. The highest BCUT2D eigenvalue weighted by Crippen LogP contribution is 2.28. The number of piperazine rings is 1. The molecule has 0 aliphatic carbocycles. The Bertz CT molecular complexity index is 887. The van der Waals surface area contributed by atoms with E-state index in [1.165, 1.54) is 11.2 Å². The van der Waals surface area contributed by atoms with Gasteiger partial charge in [0, 0.05) is 32.2 Å². The smallest absolute Gasteiger partial charge is 0.289 e. The highest BCUT2D eigenvalue weighted by atomic mass is 16.5. The van der Waals surface area contributed by atoms with Gasteiger partial charge in [-0.1, -0.05) is 6.07 Å². The highest BCUT2D eigenvalue weighted by molar-refractivity contribution is 6.22. The first-order valence-electron chi connectivity index (χ1n) is 9.16. The molecule has 2 aliphatic heterocycles. The largest absolute Gasteiger partial charge is 0.497 e. The first kappa shape index (κ1) is 18.2. The van der Waals surface area contributed by atoms with E-state index in [1.54, 1.807) is 48.4 Å². The number of furan rings is 1. The van der Waals surface area contributed by atoms with E-state index in [-0.39, 0.29) is 24.1 Å². The zero-order chi connectivity index (χ0) is 19.7. The van der Waals surface area contributed by atoms with Crippen LogP contribution in [0.15, 0.2) is 47.1 Å². The lowest BCUT2D eigenvalue weighted by atomic mass is 10.1. The Labute approximate surface area is 162 Å². The summed E-state index contributed by atoms with van der Waals surface area (Å²) in [5.74, 6) is 0.286. The van der Waals surface area contributed by atoms with E-state index in [4.69, 9.17) is 9.15 Å². The number of methoxy groups -OCH3 is 1. The summed E-state index contributed by atoms with van der Waals surface area (Å²) in [6.07, 6.45) is 1.61. The van der Waals surface area contributed by atoms with Gasteiger partial charge in [-0.25, -0.2) is 4.90 Å². The van der Waals surface area contributed by atoms with Gasteiger partial charge in [-0.3, -0.25) is 19.3 Å². The van der Waals surface area contributed by atoms with Crippen LogP contribution in [-0.4, -0.2) is 66.9 Å². The number of carbonyl (C=O) groups is 3. The number of anilines is 1. The van der Waals surface area contributed by atoms with Gasteiger partial charge in [-0.2, -0.15) is 0 Å². The minimum absolute atomic E-state index is 0.141. The van der Waals surface area contributed by atoms with Gasteiger partial charge in [0.1, 0.15) is 5.75 Å². The van der Waals surface area contributed by atoms with Crippen LogP contribution in [-0.2, 0) is 9.59 Å². The number of rotatable bonds is 4. The van der Waals surface area contributed by atoms with Gasteiger partial charge < -0.3 is 14.1 Å². The number of amides is 3. The molecule has 28 heavy (non-hydrogen) atoms. The second-order valence-electron chi connectivity index (χ2n) is 6.79. The summed E-state index contributed by atoms with van der Waals surface area (Å²) in [4.78, 5) is 42.8. The topological polar surface area (TPSA) is 83.3 Å². The quantitative estimate of drug-likeness (QED) is 0.742. The molecular formula is C20H21N3O5. The predicted molar refractivity (Wildman–Crippen MR) is 100 cm³/mol. The van der Waals surface area contributed by atoms with Gasteiger partial charge in [-0.15, -0.1) is 0 Å². The predicted octanol–water partition coefficient (Wildman–Crippen LogP) is 1.38. The lowest BCUT2D eigenvalue weighted by Crippen LogP contribution is -2.53. The number of ether oxygens (including phenoxy) is 1. The number of imide groups is 1. The zero-order valence-electron chi connectivity index (χ0n) is 15.5. The number of benzene rings is 1. The fourth-order valence-corrected chi connectivity index (χ4v) is 3.71. The van der Waals surface area contributed by atoms with E-state index >= 15 is 0 Å². The SMILES string of the molecule is COc1cccc(N2C(=O)C[C@@H](N3CCN(C(=O)c4ccco4)CC3)C2=O)c1. The Morgan fingerprint density at radius 1 is 1.11 bits per heavy atom.